The number of aliphatic hydroxyl groups excluding tert-OH is 3. The normalized spacial score (nSPS) is 52.2. The number of ether oxygens (including phenoxy) is 1. The molecule has 2 saturated carbocycles. The topological polar surface area (TPSA) is 69.9 Å². The Balaban J connectivity index is 1.91. The Morgan fingerprint density at radius 2 is 1.58 bits per heavy atom. The fraction of sp³-hybridized carbons (Fsp3) is 1.00. The van der Waals surface area contributed by atoms with Crippen LogP contribution in [-0.2, 0) is 4.74 Å². The molecule has 0 aromatic rings. The maximum absolute atomic E-state index is 10.5. The highest BCUT2D eigenvalue weighted by Gasteiger charge is 2.63. The summed E-state index contributed by atoms with van der Waals surface area (Å²) in [7, 11) is 0. The van der Waals surface area contributed by atoms with Crippen LogP contribution in [0.25, 0.3) is 0 Å². The van der Waals surface area contributed by atoms with Crippen LogP contribution < -0.4 is 0 Å². The lowest BCUT2D eigenvalue weighted by atomic mass is 9.44. The SMILES string of the molecule is CC1(C)[C@H](O)CC[C@]2(C)[C@@H]1CC[C@]1(C)O[C@@](C)([C@H](O)CO)CC[C@@H]21. The molecule has 24 heavy (non-hydrogen) atoms. The maximum Gasteiger partial charge on any atom is 0.106 e. The summed E-state index contributed by atoms with van der Waals surface area (Å²) in [6.45, 7) is 10.8. The van der Waals surface area contributed by atoms with Crippen LogP contribution in [0.4, 0.5) is 0 Å². The zero-order chi connectivity index (χ0) is 18.0. The third-order valence-electron chi connectivity index (χ3n) is 8.25. The Morgan fingerprint density at radius 1 is 0.958 bits per heavy atom. The van der Waals surface area contributed by atoms with Crippen LogP contribution in [-0.4, -0.2) is 45.3 Å². The smallest absolute Gasteiger partial charge is 0.106 e. The van der Waals surface area contributed by atoms with Gasteiger partial charge in [-0.25, -0.2) is 0 Å². The summed E-state index contributed by atoms with van der Waals surface area (Å²) in [4.78, 5) is 0. The maximum atomic E-state index is 10.5. The predicted molar refractivity (Wildman–Crippen MR) is 93.6 cm³/mol. The van der Waals surface area contributed by atoms with E-state index in [0.29, 0.717) is 11.8 Å². The van der Waals surface area contributed by atoms with Crippen LogP contribution in [0.5, 0.6) is 0 Å². The van der Waals surface area contributed by atoms with Gasteiger partial charge in [-0.2, -0.15) is 0 Å². The monoisotopic (exact) mass is 340 g/mol. The lowest BCUT2D eigenvalue weighted by Crippen LogP contribution is -2.66. The molecule has 0 bridgehead atoms. The van der Waals surface area contributed by atoms with Crippen molar-refractivity contribution in [1.29, 1.82) is 0 Å². The van der Waals surface area contributed by atoms with Crippen LogP contribution in [0.3, 0.4) is 0 Å². The Labute approximate surface area is 146 Å². The van der Waals surface area contributed by atoms with Gasteiger partial charge in [0.2, 0.25) is 0 Å². The first-order valence-electron chi connectivity index (χ1n) is 9.67. The zero-order valence-corrected chi connectivity index (χ0v) is 16.0. The van der Waals surface area contributed by atoms with E-state index < -0.39 is 11.7 Å². The summed E-state index contributed by atoms with van der Waals surface area (Å²) >= 11 is 0. The largest absolute Gasteiger partial charge is 0.394 e. The molecule has 1 aliphatic heterocycles. The summed E-state index contributed by atoms with van der Waals surface area (Å²) in [6, 6.07) is 0. The van der Waals surface area contributed by atoms with Crippen LogP contribution in [0.15, 0.2) is 0 Å². The van der Waals surface area contributed by atoms with Crippen molar-refractivity contribution in [1.82, 2.24) is 0 Å². The molecule has 1 saturated heterocycles. The minimum absolute atomic E-state index is 0.0559. The molecule has 4 nitrogen and oxygen atoms in total. The van der Waals surface area contributed by atoms with Gasteiger partial charge < -0.3 is 20.1 Å². The average Bonchev–Trinajstić information content (AvgIpc) is 2.49. The van der Waals surface area contributed by atoms with E-state index in [4.69, 9.17) is 4.74 Å². The number of aliphatic hydroxyl groups is 3. The molecule has 1 heterocycles. The van der Waals surface area contributed by atoms with Crippen LogP contribution in [0, 0.1) is 22.7 Å². The molecule has 4 heteroatoms. The van der Waals surface area contributed by atoms with Gasteiger partial charge in [-0.05, 0) is 75.0 Å². The van der Waals surface area contributed by atoms with E-state index in [9.17, 15) is 15.3 Å². The van der Waals surface area contributed by atoms with Gasteiger partial charge in [0.25, 0.3) is 0 Å². The third kappa shape index (κ3) is 2.48. The molecule has 0 aromatic carbocycles. The molecule has 0 spiro atoms. The first kappa shape index (κ1) is 18.6. The molecule has 0 radical (unpaired) electrons. The first-order chi connectivity index (χ1) is 11.0. The van der Waals surface area contributed by atoms with Crippen LogP contribution in [0.2, 0.25) is 0 Å². The number of hydrogen-bond acceptors (Lipinski definition) is 4. The molecule has 2 aliphatic carbocycles. The number of hydrogen-bond donors (Lipinski definition) is 3. The van der Waals surface area contributed by atoms with Crippen molar-refractivity contribution in [2.75, 3.05) is 6.61 Å². The Kier molecular flexibility index (Phi) is 4.40. The second-order valence-corrected chi connectivity index (χ2v) is 9.99. The predicted octanol–water partition coefficient (Wildman–Crippen LogP) is 2.88. The third-order valence-corrected chi connectivity index (χ3v) is 8.25. The lowest BCUT2D eigenvalue weighted by molar-refractivity contribution is -0.293. The van der Waals surface area contributed by atoms with E-state index in [0.717, 1.165) is 38.5 Å². The van der Waals surface area contributed by atoms with Crippen molar-refractivity contribution in [2.45, 2.75) is 96.6 Å². The zero-order valence-electron chi connectivity index (χ0n) is 16.0. The van der Waals surface area contributed by atoms with Gasteiger partial charge in [-0.1, -0.05) is 20.8 Å². The summed E-state index contributed by atoms with van der Waals surface area (Å²) in [5.41, 5.74) is -0.805. The van der Waals surface area contributed by atoms with E-state index >= 15 is 0 Å². The molecule has 140 valence electrons. The Morgan fingerprint density at radius 3 is 2.21 bits per heavy atom. The van der Waals surface area contributed by atoms with Gasteiger partial charge in [0.15, 0.2) is 0 Å². The van der Waals surface area contributed by atoms with E-state index in [1.807, 2.05) is 6.92 Å². The Hall–Kier alpha value is -0.160. The highest BCUT2D eigenvalue weighted by molar-refractivity contribution is 5.12. The molecule has 0 unspecified atom stereocenters. The van der Waals surface area contributed by atoms with Crippen molar-refractivity contribution in [3.63, 3.8) is 0 Å². The summed E-state index contributed by atoms with van der Waals surface area (Å²) in [5, 5.41) is 30.2. The van der Waals surface area contributed by atoms with Crippen molar-refractivity contribution in [2.24, 2.45) is 22.7 Å². The fourth-order valence-electron chi connectivity index (χ4n) is 6.70. The first-order valence-corrected chi connectivity index (χ1v) is 9.67. The van der Waals surface area contributed by atoms with Crippen molar-refractivity contribution in [3.8, 4) is 0 Å². The quantitative estimate of drug-likeness (QED) is 0.723. The van der Waals surface area contributed by atoms with Gasteiger partial charge >= 0.3 is 0 Å². The van der Waals surface area contributed by atoms with E-state index in [2.05, 4.69) is 27.7 Å². The highest BCUT2D eigenvalue weighted by atomic mass is 16.5. The van der Waals surface area contributed by atoms with Crippen molar-refractivity contribution in [3.05, 3.63) is 0 Å². The van der Waals surface area contributed by atoms with Crippen LogP contribution >= 0.6 is 0 Å². The summed E-state index contributed by atoms with van der Waals surface area (Å²) in [6.07, 6.45) is 4.68. The molecule has 3 N–H and O–H groups in total. The fourth-order valence-corrected chi connectivity index (χ4v) is 6.70. The molecule has 3 rings (SSSR count). The highest BCUT2D eigenvalue weighted by Crippen LogP contribution is 2.65. The number of fused-ring (bicyclic) bond motifs is 3. The molecular formula is C20H36O4. The lowest BCUT2D eigenvalue weighted by Gasteiger charge is -2.66. The van der Waals surface area contributed by atoms with Gasteiger partial charge in [0, 0.05) is 0 Å². The van der Waals surface area contributed by atoms with Crippen LogP contribution in [0.1, 0.15) is 73.1 Å². The molecule has 3 aliphatic rings. The van der Waals surface area contributed by atoms with E-state index in [1.54, 1.807) is 0 Å². The van der Waals surface area contributed by atoms with E-state index in [1.165, 1.54) is 0 Å². The average molecular weight is 341 g/mol. The molecule has 0 aromatic heterocycles. The standard InChI is InChI=1S/C20H36O4/c1-17(2)13-6-10-19(4)14(18(13,3)9-8-15(17)22)7-11-20(5,24-19)16(23)12-21/h13-16,21-23H,6-12H2,1-5H3/t13-,14+,15-,16-,18-,19+,20-/m1/s1. The molecule has 7 atom stereocenters. The van der Waals surface area contributed by atoms with Gasteiger partial charge in [-0.15, -0.1) is 0 Å². The van der Waals surface area contributed by atoms with Gasteiger partial charge in [-0.3, -0.25) is 0 Å². The van der Waals surface area contributed by atoms with E-state index in [-0.39, 0.29) is 29.1 Å². The minimum atomic E-state index is -0.828. The molecule has 3 fully saturated rings. The Bertz CT molecular complexity index is 492. The van der Waals surface area contributed by atoms with Gasteiger partial charge in [0.1, 0.15) is 6.10 Å². The molecule has 0 amide bonds. The van der Waals surface area contributed by atoms with Crippen molar-refractivity contribution >= 4 is 0 Å². The minimum Gasteiger partial charge on any atom is -0.394 e. The molecular weight excluding hydrogens is 304 g/mol. The number of rotatable bonds is 2. The summed E-state index contributed by atoms with van der Waals surface area (Å²) in [5.74, 6) is 0.942. The van der Waals surface area contributed by atoms with Crippen molar-refractivity contribution < 1.29 is 20.1 Å². The second kappa shape index (κ2) is 5.67. The summed E-state index contributed by atoms with van der Waals surface area (Å²) < 4.78 is 6.55. The van der Waals surface area contributed by atoms with Gasteiger partial charge in [0.05, 0.1) is 23.9 Å². The second-order valence-electron chi connectivity index (χ2n) is 9.99.